The summed E-state index contributed by atoms with van der Waals surface area (Å²) in [7, 11) is 5.03. The highest BCUT2D eigenvalue weighted by molar-refractivity contribution is 6.33. The minimum absolute atomic E-state index is 0.0329. The van der Waals surface area contributed by atoms with Crippen molar-refractivity contribution >= 4 is 17.5 Å². The van der Waals surface area contributed by atoms with Gasteiger partial charge in [0.05, 0.1) is 17.7 Å². The van der Waals surface area contributed by atoms with Crippen molar-refractivity contribution < 1.29 is 35.9 Å². The van der Waals surface area contributed by atoms with Crippen LogP contribution in [0.25, 0.3) is 11.1 Å². The molecule has 210 valence electrons. The molecule has 0 bridgehead atoms. The average Bonchev–Trinajstić information content (AvgIpc) is 2.85. The van der Waals surface area contributed by atoms with Gasteiger partial charge in [-0.1, -0.05) is 29.8 Å². The first-order chi connectivity index (χ1) is 18.2. The fraction of sp³-hybridized carbons (Fsp3) is 0.346. The zero-order valence-electron chi connectivity index (χ0n) is 21.2. The fourth-order valence-electron chi connectivity index (χ4n) is 3.66. The molecular weight excluding hydrogens is 550 g/mol. The summed E-state index contributed by atoms with van der Waals surface area (Å²) >= 11 is 6.31. The summed E-state index contributed by atoms with van der Waals surface area (Å²) < 4.78 is 85.4. The second-order valence-electron chi connectivity index (χ2n) is 8.98. The lowest BCUT2D eigenvalue weighted by atomic mass is 10.0. The Bertz CT molecular complexity index is 1280. The summed E-state index contributed by atoms with van der Waals surface area (Å²) in [5.41, 5.74) is -2.85. The smallest absolute Gasteiger partial charge is 0.416 e. The Hall–Kier alpha value is -3.38. The number of hydrogen-bond acceptors (Lipinski definition) is 5. The van der Waals surface area contributed by atoms with Gasteiger partial charge in [-0.3, -0.25) is 4.79 Å². The topological polar surface area (TPSA) is 58.6 Å². The number of carbonyl (C=O) groups excluding carboxylic acids is 1. The molecule has 0 aliphatic rings. The van der Waals surface area contributed by atoms with Gasteiger partial charge in [-0.2, -0.15) is 31.3 Å². The van der Waals surface area contributed by atoms with Gasteiger partial charge < -0.3 is 14.5 Å². The highest BCUT2D eigenvalue weighted by Gasteiger charge is 2.37. The van der Waals surface area contributed by atoms with Crippen LogP contribution in [-0.4, -0.2) is 60.0 Å². The van der Waals surface area contributed by atoms with Crippen molar-refractivity contribution in [1.29, 1.82) is 0 Å². The number of amides is 1. The molecule has 1 heterocycles. The van der Waals surface area contributed by atoms with Crippen LogP contribution in [-0.2, 0) is 18.9 Å². The Morgan fingerprint density at radius 1 is 0.949 bits per heavy atom. The summed E-state index contributed by atoms with van der Waals surface area (Å²) in [4.78, 5) is 24.8. The summed E-state index contributed by atoms with van der Waals surface area (Å²) in [5.74, 6) is -0.781. The van der Waals surface area contributed by atoms with Crippen molar-refractivity contribution in [2.24, 2.45) is 0 Å². The van der Waals surface area contributed by atoms with Gasteiger partial charge in [0.15, 0.2) is 0 Å². The van der Waals surface area contributed by atoms with Crippen LogP contribution in [0.3, 0.4) is 0 Å². The lowest BCUT2D eigenvalue weighted by molar-refractivity contribution is -0.143. The maximum Gasteiger partial charge on any atom is 0.416 e. The van der Waals surface area contributed by atoms with E-state index >= 15 is 0 Å². The van der Waals surface area contributed by atoms with E-state index < -0.39 is 35.9 Å². The van der Waals surface area contributed by atoms with E-state index in [-0.39, 0.29) is 40.5 Å². The van der Waals surface area contributed by atoms with Crippen LogP contribution in [0, 0.1) is 0 Å². The van der Waals surface area contributed by atoms with Crippen LogP contribution in [0.5, 0.6) is 6.01 Å². The zero-order chi connectivity index (χ0) is 29.0. The van der Waals surface area contributed by atoms with Crippen LogP contribution in [0.15, 0.2) is 48.7 Å². The number of benzene rings is 2. The molecule has 0 aliphatic heterocycles. The van der Waals surface area contributed by atoms with Gasteiger partial charge in [0.1, 0.15) is 5.69 Å². The third kappa shape index (κ3) is 8.06. The van der Waals surface area contributed by atoms with Gasteiger partial charge in [-0.25, -0.2) is 4.98 Å². The van der Waals surface area contributed by atoms with Crippen molar-refractivity contribution in [3.63, 3.8) is 0 Å². The Kier molecular flexibility index (Phi) is 9.44. The number of aromatic nitrogens is 2. The molecular formula is C26H25ClF6N4O2. The SMILES string of the molecule is CN(C)CCCOc1ncc(-c2ccccc2Cl)c(C(=O)N(C)Cc2cc(C(F)(F)F)cc(C(F)(F)F)c2)n1. The molecule has 2 aromatic carbocycles. The number of halogens is 7. The molecule has 0 unspecified atom stereocenters. The van der Waals surface area contributed by atoms with Crippen molar-refractivity contribution in [3.05, 3.63) is 76.1 Å². The standard InChI is InChI=1S/C26H25ClF6N4O2/c1-36(2)9-6-10-39-24-34-14-20(19-7-4-5-8-21(19)27)22(35-24)23(38)37(3)15-16-11-17(25(28,29)30)13-18(12-16)26(31,32)33/h4-5,7-8,11-14H,6,9-10,15H2,1-3H3. The molecule has 3 rings (SSSR count). The lowest BCUT2D eigenvalue weighted by Crippen LogP contribution is -2.28. The van der Waals surface area contributed by atoms with Crippen LogP contribution in [0.4, 0.5) is 26.3 Å². The summed E-state index contributed by atoms with van der Waals surface area (Å²) in [5, 5.41) is 0.283. The number of ether oxygens (including phenoxy) is 1. The molecule has 0 saturated heterocycles. The van der Waals surface area contributed by atoms with E-state index in [2.05, 4.69) is 9.97 Å². The van der Waals surface area contributed by atoms with Crippen LogP contribution in [0.1, 0.15) is 33.6 Å². The Morgan fingerprint density at radius 3 is 2.13 bits per heavy atom. The third-order valence-electron chi connectivity index (χ3n) is 5.53. The first-order valence-corrected chi connectivity index (χ1v) is 12.0. The first-order valence-electron chi connectivity index (χ1n) is 11.6. The Morgan fingerprint density at radius 2 is 1.56 bits per heavy atom. The van der Waals surface area contributed by atoms with Crippen molar-refractivity contribution in [3.8, 4) is 17.1 Å². The van der Waals surface area contributed by atoms with Crippen molar-refractivity contribution in [2.45, 2.75) is 25.3 Å². The molecule has 0 aliphatic carbocycles. The molecule has 0 saturated carbocycles. The Balaban J connectivity index is 1.97. The minimum Gasteiger partial charge on any atom is -0.463 e. The summed E-state index contributed by atoms with van der Waals surface area (Å²) in [6.07, 6.45) is -8.05. The molecule has 0 fully saturated rings. The van der Waals surface area contributed by atoms with E-state index in [1.54, 1.807) is 24.3 Å². The van der Waals surface area contributed by atoms with Gasteiger partial charge in [0, 0.05) is 42.5 Å². The van der Waals surface area contributed by atoms with E-state index in [0.29, 0.717) is 24.1 Å². The van der Waals surface area contributed by atoms with E-state index in [0.717, 1.165) is 11.4 Å². The number of hydrogen-bond donors (Lipinski definition) is 0. The molecule has 0 spiro atoms. The average molecular weight is 575 g/mol. The van der Waals surface area contributed by atoms with E-state index in [9.17, 15) is 31.1 Å². The summed E-state index contributed by atoms with van der Waals surface area (Å²) in [6.45, 7) is 0.414. The maximum atomic E-state index is 13.5. The van der Waals surface area contributed by atoms with E-state index in [1.165, 1.54) is 13.2 Å². The van der Waals surface area contributed by atoms with Gasteiger partial charge in [-0.05, 0) is 50.3 Å². The van der Waals surface area contributed by atoms with Crippen molar-refractivity contribution in [2.75, 3.05) is 34.3 Å². The van der Waals surface area contributed by atoms with E-state index in [1.807, 2.05) is 19.0 Å². The molecule has 3 aromatic rings. The number of nitrogens with zero attached hydrogens (tertiary/aromatic N) is 4. The second kappa shape index (κ2) is 12.2. The fourth-order valence-corrected chi connectivity index (χ4v) is 3.89. The minimum atomic E-state index is -5.01. The molecule has 0 radical (unpaired) electrons. The van der Waals surface area contributed by atoms with Gasteiger partial charge >= 0.3 is 18.4 Å². The molecule has 0 N–H and O–H groups in total. The number of rotatable bonds is 9. The molecule has 13 heteroatoms. The summed E-state index contributed by atoms with van der Waals surface area (Å²) in [6, 6.07) is 7.63. The monoisotopic (exact) mass is 574 g/mol. The quantitative estimate of drug-likeness (QED) is 0.218. The normalized spacial score (nSPS) is 12.1. The lowest BCUT2D eigenvalue weighted by Gasteiger charge is -2.21. The van der Waals surface area contributed by atoms with Gasteiger partial charge in [-0.15, -0.1) is 0 Å². The highest BCUT2D eigenvalue weighted by Crippen LogP contribution is 2.37. The third-order valence-corrected chi connectivity index (χ3v) is 5.86. The molecule has 1 aromatic heterocycles. The maximum absolute atomic E-state index is 13.5. The largest absolute Gasteiger partial charge is 0.463 e. The molecule has 6 nitrogen and oxygen atoms in total. The predicted octanol–water partition coefficient (Wildman–Crippen LogP) is 6.44. The first kappa shape index (κ1) is 30.2. The number of carbonyl (C=O) groups is 1. The predicted molar refractivity (Wildman–Crippen MR) is 133 cm³/mol. The number of alkyl halides is 6. The molecule has 39 heavy (non-hydrogen) atoms. The molecule has 1 amide bonds. The van der Waals surface area contributed by atoms with Crippen LogP contribution >= 0.6 is 11.6 Å². The van der Waals surface area contributed by atoms with Crippen LogP contribution in [0.2, 0.25) is 5.02 Å². The van der Waals surface area contributed by atoms with Gasteiger partial charge in [0.2, 0.25) is 0 Å². The van der Waals surface area contributed by atoms with Gasteiger partial charge in [0.25, 0.3) is 5.91 Å². The highest BCUT2D eigenvalue weighted by atomic mass is 35.5. The van der Waals surface area contributed by atoms with Crippen LogP contribution < -0.4 is 4.74 Å². The Labute approximate surface area is 226 Å². The molecule has 0 atom stereocenters. The zero-order valence-corrected chi connectivity index (χ0v) is 22.0. The van der Waals surface area contributed by atoms with Crippen molar-refractivity contribution in [1.82, 2.24) is 19.8 Å². The second-order valence-corrected chi connectivity index (χ2v) is 9.38. The van der Waals surface area contributed by atoms with E-state index in [4.69, 9.17) is 16.3 Å².